The van der Waals surface area contributed by atoms with E-state index in [-0.39, 0.29) is 0 Å². The van der Waals surface area contributed by atoms with Gasteiger partial charge < -0.3 is 14.4 Å². The summed E-state index contributed by atoms with van der Waals surface area (Å²) in [5, 5.41) is 11.0. The zero-order chi connectivity index (χ0) is 11.8. The molecule has 0 atom stereocenters. The summed E-state index contributed by atoms with van der Waals surface area (Å²) < 4.78 is 7.43. The van der Waals surface area contributed by atoms with Crippen molar-refractivity contribution < 1.29 is 14.6 Å². The number of aromatic nitrogens is 2. The molecule has 0 aliphatic carbocycles. The Morgan fingerprint density at radius 1 is 1.53 bits per heavy atom. The number of nitrogens with one attached hydrogen (secondary N) is 1. The van der Waals surface area contributed by atoms with Crippen LogP contribution >= 0.6 is 0 Å². The van der Waals surface area contributed by atoms with Crippen molar-refractivity contribution in [1.29, 1.82) is 0 Å². The number of ether oxygens (including phenoxy) is 1. The van der Waals surface area contributed by atoms with Crippen LogP contribution in [0.2, 0.25) is 0 Å². The molecule has 0 bridgehead atoms. The molecule has 1 aromatic carbocycles. The van der Waals surface area contributed by atoms with E-state index in [0.29, 0.717) is 18.9 Å². The van der Waals surface area contributed by atoms with Gasteiger partial charge in [0.25, 0.3) is 0 Å². The van der Waals surface area contributed by atoms with Crippen molar-refractivity contribution in [2.24, 2.45) is 0 Å². The summed E-state index contributed by atoms with van der Waals surface area (Å²) in [6.45, 7) is 1.99. The number of nitrogens with zero attached hydrogens (tertiary/aromatic N) is 2. The average molecular weight is 233 g/mol. The van der Waals surface area contributed by atoms with Crippen LogP contribution in [0.15, 0.2) is 18.2 Å². The maximum Gasteiger partial charge on any atom is 0.409 e. The van der Waals surface area contributed by atoms with Crippen LogP contribution in [-0.2, 0) is 17.9 Å². The molecule has 6 nitrogen and oxygen atoms in total. The summed E-state index contributed by atoms with van der Waals surface area (Å²) in [6.07, 6.45) is -1.07. The Balaban J connectivity index is 2.08. The van der Waals surface area contributed by atoms with Gasteiger partial charge in [-0.25, -0.2) is 9.78 Å². The van der Waals surface area contributed by atoms with E-state index in [2.05, 4.69) is 14.9 Å². The van der Waals surface area contributed by atoms with Gasteiger partial charge in [0.2, 0.25) is 0 Å². The monoisotopic (exact) mass is 233 g/mol. The zero-order valence-corrected chi connectivity index (χ0v) is 9.01. The van der Waals surface area contributed by atoms with Gasteiger partial charge in [-0.05, 0) is 18.2 Å². The van der Waals surface area contributed by atoms with E-state index in [1.807, 2.05) is 6.07 Å². The number of hydrogen-bond acceptors (Lipinski definition) is 3. The van der Waals surface area contributed by atoms with Crippen molar-refractivity contribution >= 4 is 22.8 Å². The van der Waals surface area contributed by atoms with Crippen LogP contribution in [0.4, 0.5) is 10.5 Å². The lowest BCUT2D eigenvalue weighted by atomic mass is 10.2. The molecule has 1 aliphatic rings. The lowest BCUT2D eigenvalue weighted by Crippen LogP contribution is -2.16. The number of anilines is 1. The van der Waals surface area contributed by atoms with E-state index in [4.69, 9.17) is 9.84 Å². The highest BCUT2D eigenvalue weighted by atomic mass is 16.5. The third kappa shape index (κ3) is 1.72. The molecule has 0 saturated heterocycles. The van der Waals surface area contributed by atoms with E-state index in [0.717, 1.165) is 23.4 Å². The van der Waals surface area contributed by atoms with E-state index in [9.17, 15) is 4.79 Å². The highest BCUT2D eigenvalue weighted by molar-refractivity contribution is 5.87. The fourth-order valence-electron chi connectivity index (χ4n) is 2.06. The van der Waals surface area contributed by atoms with E-state index in [1.54, 1.807) is 12.1 Å². The molecule has 0 unspecified atom stereocenters. The maximum atomic E-state index is 10.5. The Morgan fingerprint density at radius 3 is 3.24 bits per heavy atom. The van der Waals surface area contributed by atoms with Gasteiger partial charge in [-0.1, -0.05) is 0 Å². The highest BCUT2D eigenvalue weighted by Gasteiger charge is 2.15. The molecule has 2 aromatic rings. The van der Waals surface area contributed by atoms with Crippen LogP contribution in [-0.4, -0.2) is 27.4 Å². The molecule has 6 heteroatoms. The first-order valence-corrected chi connectivity index (χ1v) is 5.31. The molecule has 88 valence electrons. The predicted molar refractivity (Wildman–Crippen MR) is 61.0 cm³/mol. The first-order chi connectivity index (χ1) is 8.24. The summed E-state index contributed by atoms with van der Waals surface area (Å²) in [4.78, 5) is 15.0. The van der Waals surface area contributed by atoms with E-state index in [1.165, 1.54) is 0 Å². The van der Waals surface area contributed by atoms with Crippen molar-refractivity contribution in [2.45, 2.75) is 13.2 Å². The van der Waals surface area contributed by atoms with Gasteiger partial charge in [0.05, 0.1) is 17.6 Å². The Kier molecular flexibility index (Phi) is 2.22. The Labute approximate surface area is 96.8 Å². The first-order valence-electron chi connectivity index (χ1n) is 5.31. The minimum absolute atomic E-state index is 0.510. The summed E-state index contributed by atoms with van der Waals surface area (Å²) in [6, 6.07) is 5.35. The van der Waals surface area contributed by atoms with Crippen LogP contribution in [0, 0.1) is 0 Å². The van der Waals surface area contributed by atoms with Crippen LogP contribution < -0.4 is 5.32 Å². The smallest absolute Gasteiger partial charge is 0.409 e. The van der Waals surface area contributed by atoms with Crippen molar-refractivity contribution in [3.8, 4) is 0 Å². The SMILES string of the molecule is O=C(O)Nc1ccc2c(c1)nc1n2CCOC1. The average Bonchev–Trinajstić information content (AvgIpc) is 2.65. The lowest BCUT2D eigenvalue weighted by Gasteiger charge is -2.14. The van der Waals surface area contributed by atoms with Gasteiger partial charge >= 0.3 is 6.09 Å². The zero-order valence-electron chi connectivity index (χ0n) is 9.01. The third-order valence-corrected chi connectivity index (χ3v) is 2.77. The number of rotatable bonds is 1. The van der Waals surface area contributed by atoms with Crippen LogP contribution in [0.25, 0.3) is 11.0 Å². The fraction of sp³-hybridized carbons (Fsp3) is 0.273. The van der Waals surface area contributed by atoms with Gasteiger partial charge in [0.15, 0.2) is 0 Å². The quantitative estimate of drug-likeness (QED) is 0.785. The van der Waals surface area contributed by atoms with Gasteiger partial charge in [-0.2, -0.15) is 0 Å². The molecular formula is C11H11N3O3. The lowest BCUT2D eigenvalue weighted by molar-refractivity contribution is 0.0830. The van der Waals surface area contributed by atoms with E-state index < -0.39 is 6.09 Å². The molecule has 3 rings (SSSR count). The Bertz CT molecular complexity index is 591. The second-order valence-corrected chi connectivity index (χ2v) is 3.87. The molecule has 1 amide bonds. The standard InChI is InChI=1S/C11H11N3O3/c15-11(16)12-7-1-2-9-8(5-7)13-10-6-17-4-3-14(9)10/h1-2,5,12H,3-4,6H2,(H,15,16). The molecule has 0 spiro atoms. The highest BCUT2D eigenvalue weighted by Crippen LogP contribution is 2.22. The third-order valence-electron chi connectivity index (χ3n) is 2.77. The normalized spacial score (nSPS) is 14.6. The second kappa shape index (κ2) is 3.74. The number of amides is 1. The van der Waals surface area contributed by atoms with Crippen LogP contribution in [0.1, 0.15) is 5.82 Å². The van der Waals surface area contributed by atoms with Crippen molar-refractivity contribution in [3.05, 3.63) is 24.0 Å². The molecular weight excluding hydrogens is 222 g/mol. The summed E-state index contributed by atoms with van der Waals surface area (Å²) >= 11 is 0. The van der Waals surface area contributed by atoms with Crippen molar-refractivity contribution in [1.82, 2.24) is 9.55 Å². The second-order valence-electron chi connectivity index (χ2n) is 3.87. The number of fused-ring (bicyclic) bond motifs is 3. The van der Waals surface area contributed by atoms with Gasteiger partial charge in [0, 0.05) is 12.2 Å². The first kappa shape index (κ1) is 10.1. The number of benzene rings is 1. The minimum Gasteiger partial charge on any atom is -0.465 e. The van der Waals surface area contributed by atoms with E-state index >= 15 is 0 Å². The topological polar surface area (TPSA) is 76.4 Å². The predicted octanol–water partition coefficient (Wildman–Crippen LogP) is 1.66. The minimum atomic E-state index is -1.07. The molecule has 2 heterocycles. The largest absolute Gasteiger partial charge is 0.465 e. The molecule has 1 aromatic heterocycles. The van der Waals surface area contributed by atoms with Gasteiger partial charge in [-0.3, -0.25) is 5.32 Å². The Hall–Kier alpha value is -2.08. The van der Waals surface area contributed by atoms with Gasteiger partial charge in [0.1, 0.15) is 12.4 Å². The summed E-state index contributed by atoms with van der Waals surface area (Å²) in [7, 11) is 0. The molecule has 17 heavy (non-hydrogen) atoms. The molecule has 0 fully saturated rings. The number of carboxylic acid groups (broad SMARTS) is 1. The maximum absolute atomic E-state index is 10.5. The Morgan fingerprint density at radius 2 is 2.41 bits per heavy atom. The number of imidazole rings is 1. The van der Waals surface area contributed by atoms with Gasteiger partial charge in [-0.15, -0.1) is 0 Å². The number of hydrogen-bond donors (Lipinski definition) is 2. The summed E-state index contributed by atoms with van der Waals surface area (Å²) in [5.41, 5.74) is 2.33. The van der Waals surface area contributed by atoms with Crippen LogP contribution in [0.5, 0.6) is 0 Å². The molecule has 1 aliphatic heterocycles. The van der Waals surface area contributed by atoms with Crippen molar-refractivity contribution in [3.63, 3.8) is 0 Å². The molecule has 2 N–H and O–H groups in total. The van der Waals surface area contributed by atoms with Crippen molar-refractivity contribution in [2.75, 3.05) is 11.9 Å². The molecule has 0 saturated carbocycles. The molecule has 0 radical (unpaired) electrons. The number of carbonyl (C=O) groups is 1. The summed E-state index contributed by atoms with van der Waals surface area (Å²) in [5.74, 6) is 0.888. The van der Waals surface area contributed by atoms with Crippen LogP contribution in [0.3, 0.4) is 0 Å². The fourth-order valence-corrected chi connectivity index (χ4v) is 2.06.